The number of hydrogen-bond donors (Lipinski definition) is 0. The lowest BCUT2D eigenvalue weighted by Crippen LogP contribution is -2.36. The molecule has 7 nitrogen and oxygen atoms in total. The average Bonchev–Trinajstić information content (AvgIpc) is 3.23. The summed E-state index contributed by atoms with van der Waals surface area (Å²) in [5.41, 5.74) is 2.07. The molecule has 1 atom stereocenters. The van der Waals surface area contributed by atoms with Crippen molar-refractivity contribution in [3.63, 3.8) is 0 Å². The maximum atomic E-state index is 12.8. The van der Waals surface area contributed by atoms with Gasteiger partial charge in [-0.15, -0.1) is 0 Å². The number of nitrogens with zero attached hydrogens (tertiary/aromatic N) is 5. The molecule has 0 N–H and O–H groups in total. The molecular weight excluding hydrogens is 318 g/mol. The van der Waals surface area contributed by atoms with Crippen LogP contribution in [0.1, 0.15) is 39.6 Å². The molecule has 1 saturated heterocycles. The molecule has 1 aliphatic heterocycles. The van der Waals surface area contributed by atoms with Gasteiger partial charge in [-0.3, -0.25) is 9.69 Å². The van der Waals surface area contributed by atoms with E-state index < -0.39 is 0 Å². The van der Waals surface area contributed by atoms with Gasteiger partial charge in [-0.2, -0.15) is 10.2 Å². The van der Waals surface area contributed by atoms with Gasteiger partial charge in [0.15, 0.2) is 5.82 Å². The Morgan fingerprint density at radius 2 is 2.28 bits per heavy atom. The van der Waals surface area contributed by atoms with Crippen molar-refractivity contribution in [2.45, 2.75) is 32.9 Å². The molecule has 1 aromatic heterocycles. The largest absolute Gasteiger partial charge is 0.340 e. The molecule has 0 spiro atoms. The second-order valence-electron chi connectivity index (χ2n) is 6.48. The zero-order chi connectivity index (χ0) is 18.0. The predicted molar refractivity (Wildman–Crippen MR) is 90.7 cm³/mol. The van der Waals surface area contributed by atoms with Crippen LogP contribution in [0.5, 0.6) is 0 Å². The highest BCUT2D eigenvalue weighted by molar-refractivity contribution is 5.96. The van der Waals surface area contributed by atoms with Gasteiger partial charge in [-0.25, -0.2) is 0 Å². The van der Waals surface area contributed by atoms with Crippen molar-refractivity contribution in [1.82, 2.24) is 19.9 Å². The molecule has 1 unspecified atom stereocenters. The quantitative estimate of drug-likeness (QED) is 0.846. The first-order chi connectivity index (χ1) is 12.0. The summed E-state index contributed by atoms with van der Waals surface area (Å²) in [5.74, 6) is 1.24. The molecule has 1 aromatic carbocycles. The van der Waals surface area contributed by atoms with E-state index in [2.05, 4.69) is 21.1 Å². The van der Waals surface area contributed by atoms with Crippen LogP contribution in [0, 0.1) is 25.2 Å². The molecule has 0 bridgehead atoms. The number of amides is 1. The van der Waals surface area contributed by atoms with Crippen molar-refractivity contribution < 1.29 is 9.32 Å². The third-order valence-electron chi connectivity index (χ3n) is 4.62. The summed E-state index contributed by atoms with van der Waals surface area (Å²) in [6.07, 6.45) is 0.911. The molecular formula is C18H21N5O2. The number of likely N-dealkylation sites (tertiary alicyclic amines) is 1. The van der Waals surface area contributed by atoms with Crippen LogP contribution in [0.3, 0.4) is 0 Å². The van der Waals surface area contributed by atoms with Gasteiger partial charge >= 0.3 is 0 Å². The van der Waals surface area contributed by atoms with Gasteiger partial charge in [0.05, 0.1) is 18.2 Å². The number of aryl methyl sites for hydroxylation is 2. The highest BCUT2D eigenvalue weighted by Crippen LogP contribution is 2.20. The van der Waals surface area contributed by atoms with Gasteiger partial charge in [0.25, 0.3) is 5.91 Å². The lowest BCUT2D eigenvalue weighted by molar-refractivity contribution is 0.0778. The Bertz CT molecular complexity index is 823. The molecule has 0 aliphatic carbocycles. The van der Waals surface area contributed by atoms with E-state index in [0.29, 0.717) is 35.9 Å². The van der Waals surface area contributed by atoms with Crippen molar-refractivity contribution in [1.29, 1.82) is 5.26 Å². The number of rotatable bonds is 4. The van der Waals surface area contributed by atoms with Crippen molar-refractivity contribution in [3.8, 4) is 6.07 Å². The van der Waals surface area contributed by atoms with Crippen LogP contribution in [0.25, 0.3) is 0 Å². The SMILES string of the molecule is Cc1nc(CN(C)C2CCN(C(=O)c3ccc(C#N)cc3C)C2)no1. The average molecular weight is 339 g/mol. The number of carbonyl (C=O) groups is 1. The molecule has 0 radical (unpaired) electrons. The number of likely N-dealkylation sites (N-methyl/N-ethyl adjacent to an activating group) is 1. The van der Waals surface area contributed by atoms with Gasteiger partial charge in [0, 0.05) is 31.6 Å². The molecule has 3 rings (SSSR count). The lowest BCUT2D eigenvalue weighted by atomic mass is 10.0. The van der Waals surface area contributed by atoms with E-state index >= 15 is 0 Å². The topological polar surface area (TPSA) is 86.3 Å². The van der Waals surface area contributed by atoms with E-state index in [1.54, 1.807) is 25.1 Å². The Morgan fingerprint density at radius 3 is 2.92 bits per heavy atom. The minimum absolute atomic E-state index is 0.0216. The molecule has 130 valence electrons. The second-order valence-corrected chi connectivity index (χ2v) is 6.48. The number of aromatic nitrogens is 2. The summed E-state index contributed by atoms with van der Waals surface area (Å²) >= 11 is 0. The van der Waals surface area contributed by atoms with Gasteiger partial charge in [0.2, 0.25) is 5.89 Å². The van der Waals surface area contributed by atoms with Gasteiger partial charge in [-0.1, -0.05) is 5.16 Å². The number of carbonyl (C=O) groups excluding carboxylic acids is 1. The Labute approximate surface area is 146 Å². The molecule has 1 amide bonds. The first-order valence-electron chi connectivity index (χ1n) is 8.27. The maximum Gasteiger partial charge on any atom is 0.254 e. The fourth-order valence-corrected chi connectivity index (χ4v) is 3.19. The zero-order valence-electron chi connectivity index (χ0n) is 14.7. The van der Waals surface area contributed by atoms with Crippen molar-refractivity contribution in [3.05, 3.63) is 46.6 Å². The summed E-state index contributed by atoms with van der Waals surface area (Å²) in [4.78, 5) is 21.0. The first-order valence-corrected chi connectivity index (χ1v) is 8.27. The summed E-state index contributed by atoms with van der Waals surface area (Å²) in [7, 11) is 2.01. The van der Waals surface area contributed by atoms with E-state index in [0.717, 1.165) is 18.5 Å². The highest BCUT2D eigenvalue weighted by Gasteiger charge is 2.30. The Kier molecular flexibility index (Phi) is 4.81. The van der Waals surface area contributed by atoms with Crippen LogP contribution < -0.4 is 0 Å². The van der Waals surface area contributed by atoms with Crippen LogP contribution in [-0.4, -0.2) is 52.0 Å². The number of benzene rings is 1. The van der Waals surface area contributed by atoms with Crippen LogP contribution >= 0.6 is 0 Å². The maximum absolute atomic E-state index is 12.8. The third kappa shape index (κ3) is 3.69. The standard InChI is InChI=1S/C18H21N5O2/c1-12-8-14(9-19)4-5-16(12)18(24)23-7-6-15(10-23)22(3)11-17-20-13(2)25-21-17/h4-5,8,15H,6-7,10-11H2,1-3H3. The molecule has 25 heavy (non-hydrogen) atoms. The summed E-state index contributed by atoms with van der Waals surface area (Å²) < 4.78 is 5.00. The minimum Gasteiger partial charge on any atom is -0.340 e. The van der Waals surface area contributed by atoms with Crippen LogP contribution in [0.4, 0.5) is 0 Å². The first kappa shape index (κ1) is 17.1. The molecule has 1 aliphatic rings. The fourth-order valence-electron chi connectivity index (χ4n) is 3.19. The van der Waals surface area contributed by atoms with E-state index in [1.165, 1.54) is 0 Å². The lowest BCUT2D eigenvalue weighted by Gasteiger charge is -2.23. The van der Waals surface area contributed by atoms with Crippen LogP contribution in [-0.2, 0) is 6.54 Å². The normalized spacial score (nSPS) is 17.1. The Balaban J connectivity index is 1.64. The third-order valence-corrected chi connectivity index (χ3v) is 4.62. The summed E-state index contributed by atoms with van der Waals surface area (Å²) in [6, 6.07) is 7.56. The van der Waals surface area contributed by atoms with Crippen molar-refractivity contribution in [2.75, 3.05) is 20.1 Å². The van der Waals surface area contributed by atoms with E-state index in [9.17, 15) is 4.79 Å². The molecule has 1 fully saturated rings. The number of nitriles is 1. The van der Waals surface area contributed by atoms with Gasteiger partial charge in [-0.05, 0) is 44.2 Å². The predicted octanol–water partition coefficient (Wildman–Crippen LogP) is 1.90. The van der Waals surface area contributed by atoms with Crippen molar-refractivity contribution >= 4 is 5.91 Å². The van der Waals surface area contributed by atoms with Gasteiger partial charge in [0.1, 0.15) is 0 Å². The molecule has 2 aromatic rings. The minimum atomic E-state index is 0.0216. The zero-order valence-corrected chi connectivity index (χ0v) is 14.7. The number of hydrogen-bond acceptors (Lipinski definition) is 6. The fraction of sp³-hybridized carbons (Fsp3) is 0.444. The second kappa shape index (κ2) is 7.03. The van der Waals surface area contributed by atoms with Crippen LogP contribution in [0.2, 0.25) is 0 Å². The smallest absolute Gasteiger partial charge is 0.254 e. The van der Waals surface area contributed by atoms with E-state index in [1.807, 2.05) is 18.9 Å². The molecule has 2 heterocycles. The molecule has 7 heteroatoms. The van der Waals surface area contributed by atoms with Crippen LogP contribution in [0.15, 0.2) is 22.7 Å². The Morgan fingerprint density at radius 1 is 1.48 bits per heavy atom. The monoisotopic (exact) mass is 339 g/mol. The van der Waals surface area contributed by atoms with Gasteiger partial charge < -0.3 is 9.42 Å². The summed E-state index contributed by atoms with van der Waals surface area (Å²) in [5, 5.41) is 12.9. The summed E-state index contributed by atoms with van der Waals surface area (Å²) in [6.45, 7) is 5.63. The highest BCUT2D eigenvalue weighted by atomic mass is 16.5. The Hall–Kier alpha value is -2.72. The van der Waals surface area contributed by atoms with E-state index in [4.69, 9.17) is 9.78 Å². The van der Waals surface area contributed by atoms with E-state index in [-0.39, 0.29) is 11.9 Å². The van der Waals surface area contributed by atoms with Crippen molar-refractivity contribution in [2.24, 2.45) is 0 Å². The molecule has 0 saturated carbocycles.